The molecule has 1 aliphatic rings. The summed E-state index contributed by atoms with van der Waals surface area (Å²) >= 11 is 15.4. The highest BCUT2D eigenvalue weighted by Crippen LogP contribution is 2.37. The summed E-state index contributed by atoms with van der Waals surface area (Å²) in [7, 11) is 0. The van der Waals surface area contributed by atoms with Crippen molar-refractivity contribution in [1.29, 1.82) is 0 Å². The molecule has 2 heterocycles. The Morgan fingerprint density at radius 2 is 2.21 bits per heavy atom. The van der Waals surface area contributed by atoms with Crippen LogP contribution >= 0.6 is 46.3 Å². The van der Waals surface area contributed by atoms with Gasteiger partial charge in [-0.1, -0.05) is 23.2 Å². The molecule has 0 aliphatic carbocycles. The minimum absolute atomic E-state index is 0.361. The van der Waals surface area contributed by atoms with E-state index in [9.17, 15) is 0 Å². The Hall–Kier alpha value is 0.590. The van der Waals surface area contributed by atoms with Crippen LogP contribution in [0.1, 0.15) is 18.5 Å². The molecular weight excluding hydrogens is 257 g/mol. The minimum atomic E-state index is 0.361. The maximum atomic E-state index is 6.11. The summed E-state index contributed by atoms with van der Waals surface area (Å²) in [4.78, 5) is 0. The van der Waals surface area contributed by atoms with Crippen molar-refractivity contribution in [1.82, 2.24) is 5.32 Å². The van der Waals surface area contributed by atoms with E-state index in [-0.39, 0.29) is 0 Å². The van der Waals surface area contributed by atoms with E-state index < -0.39 is 0 Å². The molecule has 0 radical (unpaired) electrons. The lowest BCUT2D eigenvalue weighted by atomic mass is 10.1. The molecule has 1 fully saturated rings. The number of thiophene rings is 1. The summed E-state index contributed by atoms with van der Waals surface area (Å²) in [5, 5.41) is 3.53. The molecule has 0 aromatic carbocycles. The van der Waals surface area contributed by atoms with E-state index in [1.807, 2.05) is 17.8 Å². The van der Waals surface area contributed by atoms with Crippen LogP contribution in [-0.4, -0.2) is 17.5 Å². The SMILES string of the molecule is CC1CSCC(c2cc(Cl)sc2Cl)N1. The topological polar surface area (TPSA) is 12.0 Å². The first-order valence-electron chi connectivity index (χ1n) is 4.45. The molecule has 2 unspecified atom stereocenters. The Morgan fingerprint density at radius 1 is 1.43 bits per heavy atom. The fourth-order valence-electron chi connectivity index (χ4n) is 1.57. The number of thioether (sulfide) groups is 1. The quantitative estimate of drug-likeness (QED) is 0.831. The zero-order valence-electron chi connectivity index (χ0n) is 7.72. The van der Waals surface area contributed by atoms with Gasteiger partial charge in [0, 0.05) is 29.2 Å². The number of halogens is 2. The molecule has 1 N–H and O–H groups in total. The van der Waals surface area contributed by atoms with Gasteiger partial charge in [0.15, 0.2) is 0 Å². The van der Waals surface area contributed by atoms with Crippen molar-refractivity contribution in [2.24, 2.45) is 0 Å². The second-order valence-corrected chi connectivity index (χ2v) is 6.80. The molecule has 1 aromatic heterocycles. The average molecular weight is 268 g/mol. The van der Waals surface area contributed by atoms with E-state index in [0.717, 1.165) is 20.0 Å². The summed E-state index contributed by atoms with van der Waals surface area (Å²) in [6, 6.07) is 2.89. The van der Waals surface area contributed by atoms with Crippen LogP contribution in [0.4, 0.5) is 0 Å². The van der Waals surface area contributed by atoms with Gasteiger partial charge < -0.3 is 5.32 Å². The first-order chi connectivity index (χ1) is 6.66. The molecule has 78 valence electrons. The molecule has 5 heteroatoms. The summed E-state index contributed by atoms with van der Waals surface area (Å²) in [5.74, 6) is 2.25. The molecule has 14 heavy (non-hydrogen) atoms. The van der Waals surface area contributed by atoms with Gasteiger partial charge in [0.1, 0.15) is 0 Å². The third-order valence-electron chi connectivity index (χ3n) is 2.20. The molecule has 0 spiro atoms. The summed E-state index contributed by atoms with van der Waals surface area (Å²) < 4.78 is 1.59. The largest absolute Gasteiger partial charge is 0.306 e. The van der Waals surface area contributed by atoms with E-state index in [1.165, 1.54) is 17.1 Å². The Bertz CT molecular complexity index is 327. The Kier molecular flexibility index (Phi) is 3.66. The molecule has 0 saturated carbocycles. The van der Waals surface area contributed by atoms with E-state index >= 15 is 0 Å². The van der Waals surface area contributed by atoms with Crippen LogP contribution in [0.2, 0.25) is 8.67 Å². The summed E-state index contributed by atoms with van der Waals surface area (Å²) in [6.07, 6.45) is 0. The molecule has 1 nitrogen and oxygen atoms in total. The van der Waals surface area contributed by atoms with Crippen molar-refractivity contribution in [2.75, 3.05) is 11.5 Å². The molecule has 0 amide bonds. The van der Waals surface area contributed by atoms with Crippen LogP contribution < -0.4 is 5.32 Å². The van der Waals surface area contributed by atoms with Crippen LogP contribution in [0.15, 0.2) is 6.07 Å². The fourth-order valence-corrected chi connectivity index (χ4v) is 4.25. The lowest BCUT2D eigenvalue weighted by molar-refractivity contribution is 0.504. The zero-order chi connectivity index (χ0) is 10.1. The van der Waals surface area contributed by atoms with Gasteiger partial charge in [0.2, 0.25) is 0 Å². The van der Waals surface area contributed by atoms with E-state index in [4.69, 9.17) is 23.2 Å². The zero-order valence-corrected chi connectivity index (χ0v) is 10.9. The van der Waals surface area contributed by atoms with Crippen LogP contribution in [0, 0.1) is 0 Å². The van der Waals surface area contributed by atoms with Gasteiger partial charge in [-0.25, -0.2) is 0 Å². The fraction of sp³-hybridized carbons (Fsp3) is 0.556. The van der Waals surface area contributed by atoms with Gasteiger partial charge in [-0.3, -0.25) is 0 Å². The van der Waals surface area contributed by atoms with Crippen molar-refractivity contribution in [2.45, 2.75) is 19.0 Å². The molecule has 2 rings (SSSR count). The smallest absolute Gasteiger partial charge is 0.0992 e. The predicted molar refractivity (Wildman–Crippen MR) is 67.0 cm³/mol. The monoisotopic (exact) mass is 267 g/mol. The van der Waals surface area contributed by atoms with Gasteiger partial charge in [-0.05, 0) is 13.0 Å². The Balaban J connectivity index is 2.17. The molecule has 1 saturated heterocycles. The lowest BCUT2D eigenvalue weighted by Crippen LogP contribution is -2.37. The van der Waals surface area contributed by atoms with Crippen molar-refractivity contribution < 1.29 is 0 Å². The highest BCUT2D eigenvalue weighted by molar-refractivity contribution is 7.99. The van der Waals surface area contributed by atoms with Gasteiger partial charge in [-0.15, -0.1) is 11.3 Å². The second-order valence-electron chi connectivity index (χ2n) is 3.44. The van der Waals surface area contributed by atoms with E-state index in [1.54, 1.807) is 0 Å². The van der Waals surface area contributed by atoms with Crippen molar-refractivity contribution in [3.8, 4) is 0 Å². The van der Waals surface area contributed by atoms with Crippen molar-refractivity contribution in [3.05, 3.63) is 20.3 Å². The van der Waals surface area contributed by atoms with Crippen molar-refractivity contribution >= 4 is 46.3 Å². The maximum absolute atomic E-state index is 6.11. The third kappa shape index (κ3) is 2.39. The predicted octanol–water partition coefficient (Wildman–Crippen LogP) is 3.82. The highest BCUT2D eigenvalue weighted by atomic mass is 35.5. The number of rotatable bonds is 1. The molecule has 1 aromatic rings. The average Bonchev–Trinajstić information content (AvgIpc) is 2.45. The molecule has 2 atom stereocenters. The van der Waals surface area contributed by atoms with E-state index in [2.05, 4.69) is 12.2 Å². The Morgan fingerprint density at radius 3 is 2.79 bits per heavy atom. The molecule has 0 bridgehead atoms. The molecule has 1 aliphatic heterocycles. The van der Waals surface area contributed by atoms with Gasteiger partial charge in [0.25, 0.3) is 0 Å². The van der Waals surface area contributed by atoms with Crippen LogP contribution in [0.3, 0.4) is 0 Å². The minimum Gasteiger partial charge on any atom is -0.306 e. The van der Waals surface area contributed by atoms with Gasteiger partial charge in [-0.2, -0.15) is 11.8 Å². The number of nitrogens with one attached hydrogen (secondary N) is 1. The van der Waals surface area contributed by atoms with Crippen molar-refractivity contribution in [3.63, 3.8) is 0 Å². The first kappa shape index (κ1) is 11.1. The summed E-state index contributed by atoms with van der Waals surface area (Å²) in [5.41, 5.74) is 1.15. The standard InChI is InChI=1S/C9H11Cl2NS2/c1-5-3-13-4-7(12-5)6-2-8(10)14-9(6)11/h2,5,7,12H,3-4H2,1H3. The number of hydrogen-bond acceptors (Lipinski definition) is 3. The van der Waals surface area contributed by atoms with Crippen LogP contribution in [0.25, 0.3) is 0 Å². The molecular formula is C9H11Cl2NS2. The highest BCUT2D eigenvalue weighted by Gasteiger charge is 2.23. The lowest BCUT2D eigenvalue weighted by Gasteiger charge is -2.28. The van der Waals surface area contributed by atoms with Gasteiger partial charge >= 0.3 is 0 Å². The van der Waals surface area contributed by atoms with Crippen LogP contribution in [0.5, 0.6) is 0 Å². The number of hydrogen-bond donors (Lipinski definition) is 1. The second kappa shape index (κ2) is 4.62. The normalized spacial score (nSPS) is 27.9. The Labute approximate surface area is 102 Å². The van der Waals surface area contributed by atoms with Gasteiger partial charge in [0.05, 0.1) is 8.67 Å². The summed E-state index contributed by atoms with van der Waals surface area (Å²) in [6.45, 7) is 2.20. The van der Waals surface area contributed by atoms with Crippen LogP contribution in [-0.2, 0) is 0 Å². The third-order valence-corrected chi connectivity index (χ3v) is 5.02. The maximum Gasteiger partial charge on any atom is 0.0992 e. The first-order valence-corrected chi connectivity index (χ1v) is 7.18. The van der Waals surface area contributed by atoms with E-state index in [0.29, 0.717) is 12.1 Å².